The molecule has 23 heavy (non-hydrogen) atoms. The van der Waals surface area contributed by atoms with Crippen LogP contribution in [0.15, 0.2) is 30.3 Å². The summed E-state index contributed by atoms with van der Waals surface area (Å²) in [4.78, 5) is 13.3. The Morgan fingerprint density at radius 3 is 2.30 bits per heavy atom. The third-order valence-corrected chi connectivity index (χ3v) is 5.42. The maximum atomic E-state index is 13.3. The molecule has 1 N–H and O–H groups in total. The van der Waals surface area contributed by atoms with E-state index in [0.29, 0.717) is 17.9 Å². The number of hydrogen-bond donors (Lipinski definition) is 1. The average Bonchev–Trinajstić information content (AvgIpc) is 2.54. The average molecular weight is 316 g/mol. The van der Waals surface area contributed by atoms with E-state index in [1.807, 2.05) is 6.07 Å². The van der Waals surface area contributed by atoms with Crippen LogP contribution >= 0.6 is 0 Å². The summed E-state index contributed by atoms with van der Waals surface area (Å²) in [6, 6.07) is 10.8. The molecule has 0 saturated heterocycles. The standard InChI is InChI=1S/C21H33NO/c1-5-10-19(6-2)22-20(23)21(18-11-8-7-9-12-18)14-16(3)13-17(4)15-21/h7-9,11-12,16-17,19H,5-6,10,13-15H2,1-4H3,(H,22,23). The molecule has 2 heteroatoms. The number of hydrogen-bond acceptors (Lipinski definition) is 1. The van der Waals surface area contributed by atoms with Crippen molar-refractivity contribution in [3.05, 3.63) is 35.9 Å². The number of amides is 1. The fourth-order valence-electron chi connectivity index (χ4n) is 4.49. The van der Waals surface area contributed by atoms with Crippen LogP contribution in [0.25, 0.3) is 0 Å². The molecule has 0 spiro atoms. The van der Waals surface area contributed by atoms with Crippen LogP contribution in [0, 0.1) is 11.8 Å². The fraction of sp³-hybridized carbons (Fsp3) is 0.667. The van der Waals surface area contributed by atoms with E-state index in [2.05, 4.69) is 57.3 Å². The van der Waals surface area contributed by atoms with Crippen LogP contribution in [0.2, 0.25) is 0 Å². The highest BCUT2D eigenvalue weighted by Gasteiger charge is 2.45. The van der Waals surface area contributed by atoms with Gasteiger partial charge in [-0.3, -0.25) is 4.79 Å². The van der Waals surface area contributed by atoms with Crippen LogP contribution in [0.1, 0.15) is 71.8 Å². The van der Waals surface area contributed by atoms with Gasteiger partial charge in [0.2, 0.25) is 5.91 Å². The topological polar surface area (TPSA) is 29.1 Å². The summed E-state index contributed by atoms with van der Waals surface area (Å²) in [5.41, 5.74) is 0.849. The van der Waals surface area contributed by atoms with E-state index in [4.69, 9.17) is 0 Å². The Bertz CT molecular complexity index is 486. The van der Waals surface area contributed by atoms with Gasteiger partial charge in [0.15, 0.2) is 0 Å². The molecule has 1 aromatic carbocycles. The Hall–Kier alpha value is -1.31. The maximum absolute atomic E-state index is 13.3. The predicted molar refractivity (Wildman–Crippen MR) is 97.4 cm³/mol. The molecule has 2 rings (SSSR count). The number of carbonyl (C=O) groups excluding carboxylic acids is 1. The Balaban J connectivity index is 2.32. The maximum Gasteiger partial charge on any atom is 0.230 e. The van der Waals surface area contributed by atoms with Crippen molar-refractivity contribution in [3.8, 4) is 0 Å². The van der Waals surface area contributed by atoms with Crippen LogP contribution in [-0.2, 0) is 10.2 Å². The largest absolute Gasteiger partial charge is 0.353 e. The third-order valence-electron chi connectivity index (χ3n) is 5.42. The first-order valence-corrected chi connectivity index (χ1v) is 9.38. The Labute approximate surface area is 142 Å². The molecule has 1 aliphatic rings. The summed E-state index contributed by atoms with van der Waals surface area (Å²) >= 11 is 0. The van der Waals surface area contributed by atoms with Gasteiger partial charge in [-0.1, -0.05) is 64.4 Å². The van der Waals surface area contributed by atoms with Crippen LogP contribution in [0.4, 0.5) is 0 Å². The van der Waals surface area contributed by atoms with E-state index >= 15 is 0 Å². The van der Waals surface area contributed by atoms with Crippen molar-refractivity contribution < 1.29 is 4.79 Å². The lowest BCUT2D eigenvalue weighted by Gasteiger charge is -2.43. The van der Waals surface area contributed by atoms with Crippen molar-refractivity contribution in [1.29, 1.82) is 0 Å². The molecular weight excluding hydrogens is 282 g/mol. The van der Waals surface area contributed by atoms with Crippen molar-refractivity contribution in [2.45, 2.75) is 77.7 Å². The Morgan fingerprint density at radius 1 is 1.17 bits per heavy atom. The second-order valence-corrected chi connectivity index (χ2v) is 7.67. The quantitative estimate of drug-likeness (QED) is 0.779. The molecule has 128 valence electrons. The summed E-state index contributed by atoms with van der Waals surface area (Å²) in [6.07, 6.45) is 6.36. The van der Waals surface area contributed by atoms with E-state index in [0.717, 1.165) is 32.1 Å². The van der Waals surface area contributed by atoms with Gasteiger partial charge < -0.3 is 5.32 Å². The van der Waals surface area contributed by atoms with E-state index in [1.165, 1.54) is 12.0 Å². The molecule has 0 aliphatic heterocycles. The normalized spacial score (nSPS) is 29.0. The molecular formula is C21H33NO. The molecule has 1 amide bonds. The number of carbonyl (C=O) groups is 1. The van der Waals surface area contributed by atoms with E-state index in [1.54, 1.807) is 0 Å². The van der Waals surface area contributed by atoms with Crippen molar-refractivity contribution in [3.63, 3.8) is 0 Å². The highest BCUT2D eigenvalue weighted by Crippen LogP contribution is 2.44. The Kier molecular flexibility index (Phi) is 6.26. The van der Waals surface area contributed by atoms with E-state index in [9.17, 15) is 4.79 Å². The number of nitrogens with one attached hydrogen (secondary N) is 1. The van der Waals surface area contributed by atoms with Gasteiger partial charge in [0.25, 0.3) is 0 Å². The van der Waals surface area contributed by atoms with Crippen molar-refractivity contribution in [2.75, 3.05) is 0 Å². The van der Waals surface area contributed by atoms with Gasteiger partial charge in [0.1, 0.15) is 0 Å². The molecule has 0 bridgehead atoms. The molecule has 0 aromatic heterocycles. The van der Waals surface area contributed by atoms with E-state index < -0.39 is 0 Å². The lowest BCUT2D eigenvalue weighted by Crippen LogP contribution is -2.51. The summed E-state index contributed by atoms with van der Waals surface area (Å²) in [6.45, 7) is 8.95. The van der Waals surface area contributed by atoms with Crippen LogP contribution in [0.5, 0.6) is 0 Å². The van der Waals surface area contributed by atoms with Crippen molar-refractivity contribution in [2.24, 2.45) is 11.8 Å². The minimum absolute atomic E-state index is 0.252. The smallest absolute Gasteiger partial charge is 0.230 e. The Morgan fingerprint density at radius 2 is 1.78 bits per heavy atom. The number of rotatable bonds is 6. The van der Waals surface area contributed by atoms with Crippen molar-refractivity contribution in [1.82, 2.24) is 5.32 Å². The lowest BCUT2D eigenvalue weighted by atomic mass is 9.62. The van der Waals surface area contributed by atoms with Gasteiger partial charge in [0, 0.05) is 6.04 Å². The molecule has 1 saturated carbocycles. The summed E-state index contributed by atoms with van der Waals surface area (Å²) in [5, 5.41) is 3.38. The molecule has 1 fully saturated rings. The van der Waals surface area contributed by atoms with Crippen LogP contribution in [-0.4, -0.2) is 11.9 Å². The SMILES string of the molecule is CCCC(CC)NC(=O)C1(c2ccccc2)CC(C)CC(C)C1. The molecule has 0 heterocycles. The zero-order valence-electron chi connectivity index (χ0n) is 15.3. The zero-order chi connectivity index (χ0) is 16.9. The molecule has 0 radical (unpaired) electrons. The van der Waals surface area contributed by atoms with Crippen molar-refractivity contribution >= 4 is 5.91 Å². The van der Waals surface area contributed by atoms with Crippen LogP contribution in [0.3, 0.4) is 0 Å². The number of benzene rings is 1. The molecule has 2 nitrogen and oxygen atoms in total. The summed E-state index contributed by atoms with van der Waals surface area (Å²) in [5.74, 6) is 1.44. The van der Waals surface area contributed by atoms with Crippen LogP contribution < -0.4 is 5.32 Å². The van der Waals surface area contributed by atoms with Gasteiger partial charge in [-0.25, -0.2) is 0 Å². The lowest BCUT2D eigenvalue weighted by molar-refractivity contribution is -0.130. The molecule has 3 unspecified atom stereocenters. The predicted octanol–water partition coefficient (Wildman–Crippen LogP) is 5.08. The monoisotopic (exact) mass is 315 g/mol. The highest BCUT2D eigenvalue weighted by atomic mass is 16.2. The van der Waals surface area contributed by atoms with Gasteiger partial charge in [-0.05, 0) is 49.5 Å². The van der Waals surface area contributed by atoms with Gasteiger partial charge in [-0.2, -0.15) is 0 Å². The third kappa shape index (κ3) is 4.16. The van der Waals surface area contributed by atoms with Gasteiger partial charge in [-0.15, -0.1) is 0 Å². The minimum Gasteiger partial charge on any atom is -0.353 e. The van der Waals surface area contributed by atoms with E-state index in [-0.39, 0.29) is 11.3 Å². The first kappa shape index (κ1) is 18.0. The van der Waals surface area contributed by atoms with Gasteiger partial charge >= 0.3 is 0 Å². The summed E-state index contributed by atoms with van der Waals surface area (Å²) in [7, 11) is 0. The van der Waals surface area contributed by atoms with Gasteiger partial charge in [0.05, 0.1) is 5.41 Å². The first-order chi connectivity index (χ1) is 11.0. The zero-order valence-corrected chi connectivity index (χ0v) is 15.3. The second-order valence-electron chi connectivity index (χ2n) is 7.67. The molecule has 1 aliphatic carbocycles. The first-order valence-electron chi connectivity index (χ1n) is 9.38. The molecule has 3 atom stereocenters. The minimum atomic E-state index is -0.348. The highest BCUT2D eigenvalue weighted by molar-refractivity contribution is 5.88. The second kappa shape index (κ2) is 7.99. The fourth-order valence-corrected chi connectivity index (χ4v) is 4.49. The summed E-state index contributed by atoms with van der Waals surface area (Å²) < 4.78 is 0. The molecule has 1 aromatic rings.